The van der Waals surface area contributed by atoms with Crippen LogP contribution in [0.2, 0.25) is 11.1 Å². The van der Waals surface area contributed by atoms with Crippen LogP contribution in [0.25, 0.3) is 0 Å². The molecule has 0 amide bonds. The minimum atomic E-state index is -1.79. The maximum absolute atomic E-state index is 6.66. The molecule has 0 aliphatic heterocycles. The number of rotatable bonds is 9. The normalized spacial score (nSPS) is 17.4. The molecule has 0 heterocycles. The van der Waals surface area contributed by atoms with Gasteiger partial charge in [-0.1, -0.05) is 54.4 Å². The molecule has 1 unspecified atom stereocenters. The van der Waals surface area contributed by atoms with Gasteiger partial charge in [-0.25, -0.2) is 0 Å². The van der Waals surface area contributed by atoms with Crippen LogP contribution >= 0.6 is 12.1 Å². The van der Waals surface area contributed by atoms with Crippen LogP contribution in [0.5, 0.6) is 0 Å². The van der Waals surface area contributed by atoms with Gasteiger partial charge in [0.1, 0.15) is 0 Å². The maximum Gasteiger partial charge on any atom is 0.229 e. The third-order valence-corrected chi connectivity index (χ3v) is 17.0. The summed E-state index contributed by atoms with van der Waals surface area (Å²) in [5.74, 6) is 0.730. The highest BCUT2D eigenvalue weighted by Gasteiger charge is 2.42. The lowest BCUT2D eigenvalue weighted by atomic mass is 9.99. The van der Waals surface area contributed by atoms with Gasteiger partial charge in [-0.3, -0.25) is 0 Å². The highest BCUT2D eigenvalue weighted by atomic mass is 32.3. The molecule has 0 saturated carbocycles. The van der Waals surface area contributed by atoms with Crippen LogP contribution in [0.4, 0.5) is 0 Å². The average Bonchev–Trinajstić information content (AvgIpc) is 2.14. The Hall–Kier alpha value is 0.744. The summed E-state index contributed by atoms with van der Waals surface area (Å²) in [6, 6.07) is 1.21. The van der Waals surface area contributed by atoms with E-state index in [2.05, 4.69) is 55.4 Å². The van der Waals surface area contributed by atoms with Crippen molar-refractivity contribution in [2.75, 3.05) is 0 Å². The van der Waals surface area contributed by atoms with E-state index in [-0.39, 0.29) is 14.6 Å². The van der Waals surface area contributed by atoms with Crippen LogP contribution < -0.4 is 0 Å². The first-order valence-corrected chi connectivity index (χ1v) is 14.3. The van der Waals surface area contributed by atoms with Crippen molar-refractivity contribution in [1.82, 2.24) is 0 Å². The molecule has 116 valence electrons. The smallest absolute Gasteiger partial charge is 0.229 e. The molecule has 1 nitrogen and oxygen atoms in total. The Morgan fingerprint density at radius 2 is 1.63 bits per heavy atom. The summed E-state index contributed by atoms with van der Waals surface area (Å²) in [6.45, 7) is 16.8. The lowest BCUT2D eigenvalue weighted by Crippen LogP contribution is -2.50. The summed E-state index contributed by atoms with van der Waals surface area (Å²) < 4.78 is 6.66. The predicted octanol–water partition coefficient (Wildman–Crippen LogP) is 4.88. The van der Waals surface area contributed by atoms with Gasteiger partial charge in [-0.15, -0.1) is 0 Å². The van der Waals surface area contributed by atoms with Crippen molar-refractivity contribution in [2.45, 2.75) is 91.3 Å². The summed E-state index contributed by atoms with van der Waals surface area (Å²) in [5.41, 5.74) is 0.0119. The molecular formula is C15H36OSSi2. The largest absolute Gasteiger partial charge is 0.406 e. The Balaban J connectivity index is 4.94. The van der Waals surface area contributed by atoms with E-state index >= 15 is 0 Å². The fourth-order valence-corrected chi connectivity index (χ4v) is 20.3. The lowest BCUT2D eigenvalue weighted by molar-refractivity contribution is 0.0977. The Morgan fingerprint density at radius 1 is 1.11 bits per heavy atom. The van der Waals surface area contributed by atoms with Gasteiger partial charge in [-0.2, -0.15) is 12.1 Å². The zero-order valence-corrected chi connectivity index (χ0v) is 17.8. The SMILES string of the molecule is CCCC(C)(C)O[Si](S)(CCC)[SiH2]C(C)(C)C(C)C. The van der Waals surface area contributed by atoms with E-state index < -0.39 is 6.98 Å². The lowest BCUT2D eigenvalue weighted by Gasteiger charge is -2.41. The molecule has 19 heavy (non-hydrogen) atoms. The topological polar surface area (TPSA) is 9.23 Å². The molecule has 0 bridgehead atoms. The minimum absolute atomic E-state index is 0.0119. The second-order valence-corrected chi connectivity index (χ2v) is 21.1. The van der Waals surface area contributed by atoms with Crippen molar-refractivity contribution in [1.29, 1.82) is 0 Å². The first-order chi connectivity index (χ1) is 8.48. The second-order valence-electron chi connectivity index (χ2n) is 7.63. The van der Waals surface area contributed by atoms with E-state index in [4.69, 9.17) is 16.5 Å². The van der Waals surface area contributed by atoms with Crippen molar-refractivity contribution < 1.29 is 4.43 Å². The van der Waals surface area contributed by atoms with Crippen molar-refractivity contribution in [2.24, 2.45) is 5.92 Å². The van der Waals surface area contributed by atoms with Gasteiger partial charge in [0.15, 0.2) is 0 Å². The summed E-state index contributed by atoms with van der Waals surface area (Å²) in [7, 11) is -0.318. The van der Waals surface area contributed by atoms with Crippen LogP contribution in [0, 0.1) is 5.92 Å². The number of thiol groups is 1. The Labute approximate surface area is 130 Å². The van der Waals surface area contributed by atoms with Gasteiger partial charge in [0.25, 0.3) is 0 Å². The van der Waals surface area contributed by atoms with Gasteiger partial charge in [0, 0.05) is 0 Å². The molecule has 0 aromatic rings. The van der Waals surface area contributed by atoms with Crippen molar-refractivity contribution in [3.05, 3.63) is 0 Å². The highest BCUT2D eigenvalue weighted by Crippen LogP contribution is 2.39. The van der Waals surface area contributed by atoms with Gasteiger partial charge >= 0.3 is 0 Å². The molecular weight excluding hydrogens is 284 g/mol. The van der Waals surface area contributed by atoms with Gasteiger partial charge < -0.3 is 4.43 Å². The third-order valence-electron chi connectivity index (χ3n) is 4.25. The summed E-state index contributed by atoms with van der Waals surface area (Å²) in [6.07, 6.45) is 3.54. The standard InChI is InChI=1S/C15H36OSSi2/c1-9-11-14(5,6)16-19(17,12-10-2)18-15(7,8)13(3)4/h13,17H,9-12,18H2,1-8H3. The Bertz CT molecular complexity index is 267. The van der Waals surface area contributed by atoms with E-state index in [1.807, 2.05) is 0 Å². The third kappa shape index (κ3) is 7.35. The number of hydrogen-bond donors (Lipinski definition) is 1. The summed E-state index contributed by atoms with van der Waals surface area (Å²) in [4.78, 5) is 0. The zero-order chi connectivity index (χ0) is 15.3. The second kappa shape index (κ2) is 7.67. The fourth-order valence-electron chi connectivity index (χ4n) is 2.65. The molecule has 0 aliphatic rings. The quantitative estimate of drug-likeness (QED) is 0.470. The monoisotopic (exact) mass is 320 g/mol. The van der Waals surface area contributed by atoms with E-state index in [0.717, 1.165) is 12.3 Å². The first-order valence-electron chi connectivity index (χ1n) is 7.90. The van der Waals surface area contributed by atoms with E-state index in [1.165, 1.54) is 18.9 Å². The van der Waals surface area contributed by atoms with E-state index in [0.29, 0.717) is 5.04 Å². The molecule has 0 aromatic heterocycles. The molecule has 0 N–H and O–H groups in total. The van der Waals surface area contributed by atoms with Crippen LogP contribution in [0.15, 0.2) is 0 Å². The van der Waals surface area contributed by atoms with Crippen molar-refractivity contribution in [3.8, 4) is 0 Å². The minimum Gasteiger partial charge on any atom is -0.406 e. The van der Waals surface area contributed by atoms with Gasteiger partial charge in [0.05, 0.1) is 14.6 Å². The Kier molecular flexibility index (Phi) is 7.97. The molecule has 0 spiro atoms. The molecule has 0 aromatic carbocycles. The molecule has 0 fully saturated rings. The number of hydrogen-bond acceptors (Lipinski definition) is 2. The molecule has 1 atom stereocenters. The van der Waals surface area contributed by atoms with Crippen LogP contribution in [-0.4, -0.2) is 21.6 Å². The van der Waals surface area contributed by atoms with Crippen LogP contribution in [0.1, 0.15) is 74.7 Å². The molecule has 0 saturated heterocycles. The maximum atomic E-state index is 6.66. The van der Waals surface area contributed by atoms with Crippen LogP contribution in [-0.2, 0) is 4.43 Å². The van der Waals surface area contributed by atoms with Gasteiger partial charge in [0.2, 0.25) is 6.98 Å². The predicted molar refractivity (Wildman–Crippen MR) is 97.3 cm³/mol. The fraction of sp³-hybridized carbons (Fsp3) is 1.00. The summed E-state index contributed by atoms with van der Waals surface area (Å²) in [5, 5.41) is 0.450. The first kappa shape index (κ1) is 19.7. The molecule has 0 radical (unpaired) electrons. The van der Waals surface area contributed by atoms with Crippen LogP contribution in [0.3, 0.4) is 0 Å². The molecule has 0 aliphatic carbocycles. The zero-order valence-electron chi connectivity index (χ0n) is 14.5. The van der Waals surface area contributed by atoms with E-state index in [9.17, 15) is 0 Å². The molecule has 0 rings (SSSR count). The Morgan fingerprint density at radius 3 is 2.00 bits per heavy atom. The van der Waals surface area contributed by atoms with Gasteiger partial charge in [-0.05, 0) is 37.3 Å². The molecule has 4 heteroatoms. The average molecular weight is 321 g/mol. The van der Waals surface area contributed by atoms with Crippen molar-refractivity contribution in [3.63, 3.8) is 0 Å². The van der Waals surface area contributed by atoms with E-state index in [1.54, 1.807) is 0 Å². The summed E-state index contributed by atoms with van der Waals surface area (Å²) >= 11 is 5.15. The van der Waals surface area contributed by atoms with Crippen molar-refractivity contribution >= 4 is 28.1 Å². The highest BCUT2D eigenvalue weighted by molar-refractivity contribution is 8.19.